The van der Waals surface area contributed by atoms with Crippen molar-refractivity contribution >= 4 is 11.9 Å². The van der Waals surface area contributed by atoms with Crippen molar-refractivity contribution < 1.29 is 19.4 Å². The van der Waals surface area contributed by atoms with Crippen LogP contribution in [0, 0.1) is 0 Å². The molecule has 1 aliphatic carbocycles. The predicted octanol–water partition coefficient (Wildman–Crippen LogP) is 2.35. The van der Waals surface area contributed by atoms with Crippen LogP contribution in [0.1, 0.15) is 48.0 Å². The van der Waals surface area contributed by atoms with Gasteiger partial charge in [0.2, 0.25) is 0 Å². The van der Waals surface area contributed by atoms with Gasteiger partial charge in [0.1, 0.15) is 5.54 Å². The summed E-state index contributed by atoms with van der Waals surface area (Å²) in [5.74, 6) is -1.29. The second kappa shape index (κ2) is 6.72. The van der Waals surface area contributed by atoms with Crippen LogP contribution in [-0.2, 0) is 16.1 Å². The summed E-state index contributed by atoms with van der Waals surface area (Å²) in [5.41, 5.74) is 0.106. The van der Waals surface area contributed by atoms with E-state index in [1.807, 2.05) is 12.1 Å². The highest BCUT2D eigenvalue weighted by atomic mass is 16.5. The highest BCUT2D eigenvalue weighted by Gasteiger charge is 2.41. The lowest BCUT2D eigenvalue weighted by Crippen LogP contribution is -2.55. The molecule has 1 aromatic rings. The monoisotopic (exact) mass is 291 g/mol. The average Bonchev–Trinajstić information content (AvgIpc) is 2.49. The van der Waals surface area contributed by atoms with Crippen LogP contribution in [0.4, 0.5) is 0 Å². The third kappa shape index (κ3) is 3.42. The Kier molecular flexibility index (Phi) is 4.96. The van der Waals surface area contributed by atoms with E-state index in [-0.39, 0.29) is 5.91 Å². The molecule has 21 heavy (non-hydrogen) atoms. The van der Waals surface area contributed by atoms with Gasteiger partial charge in [-0.1, -0.05) is 37.5 Å². The Bertz CT molecular complexity index is 521. The lowest BCUT2D eigenvalue weighted by molar-refractivity contribution is -0.145. The van der Waals surface area contributed by atoms with Crippen molar-refractivity contribution in [3.8, 4) is 0 Å². The van der Waals surface area contributed by atoms with Gasteiger partial charge in [0, 0.05) is 12.7 Å². The van der Waals surface area contributed by atoms with E-state index in [1.165, 1.54) is 0 Å². The van der Waals surface area contributed by atoms with Crippen LogP contribution >= 0.6 is 0 Å². The molecule has 2 rings (SSSR count). The summed E-state index contributed by atoms with van der Waals surface area (Å²) < 4.78 is 5.08. The second-order valence-corrected chi connectivity index (χ2v) is 5.49. The number of methoxy groups -OCH3 is 1. The van der Waals surface area contributed by atoms with Crippen molar-refractivity contribution in [1.29, 1.82) is 0 Å². The lowest BCUT2D eigenvalue weighted by Gasteiger charge is -2.34. The number of hydrogen-bond donors (Lipinski definition) is 2. The van der Waals surface area contributed by atoms with Gasteiger partial charge in [-0.2, -0.15) is 0 Å². The Morgan fingerprint density at radius 2 is 1.90 bits per heavy atom. The van der Waals surface area contributed by atoms with E-state index in [0.717, 1.165) is 24.8 Å². The van der Waals surface area contributed by atoms with E-state index in [0.29, 0.717) is 25.0 Å². The first-order chi connectivity index (χ1) is 10.1. The molecular weight excluding hydrogens is 270 g/mol. The maximum atomic E-state index is 12.5. The van der Waals surface area contributed by atoms with Crippen LogP contribution in [-0.4, -0.2) is 29.6 Å². The molecule has 5 heteroatoms. The Morgan fingerprint density at radius 3 is 2.52 bits per heavy atom. The van der Waals surface area contributed by atoms with Crippen molar-refractivity contribution in [2.75, 3.05) is 7.11 Å². The third-order valence-corrected chi connectivity index (χ3v) is 4.03. The van der Waals surface area contributed by atoms with E-state index in [1.54, 1.807) is 19.2 Å². The van der Waals surface area contributed by atoms with Gasteiger partial charge >= 0.3 is 5.97 Å². The fourth-order valence-corrected chi connectivity index (χ4v) is 2.86. The number of amides is 1. The summed E-state index contributed by atoms with van der Waals surface area (Å²) in [6.07, 6.45) is 3.64. The zero-order valence-corrected chi connectivity index (χ0v) is 12.2. The number of nitrogens with one attached hydrogen (secondary N) is 1. The van der Waals surface area contributed by atoms with Crippen molar-refractivity contribution in [1.82, 2.24) is 5.32 Å². The van der Waals surface area contributed by atoms with Crippen LogP contribution in [0.25, 0.3) is 0 Å². The first-order valence-corrected chi connectivity index (χ1v) is 7.22. The minimum Gasteiger partial charge on any atom is -0.480 e. The smallest absolute Gasteiger partial charge is 0.329 e. The number of carboxylic acid groups (broad SMARTS) is 1. The number of carbonyl (C=O) groups is 2. The third-order valence-electron chi connectivity index (χ3n) is 4.03. The fraction of sp³-hybridized carbons (Fsp3) is 0.500. The maximum Gasteiger partial charge on any atom is 0.329 e. The molecule has 5 nitrogen and oxygen atoms in total. The summed E-state index contributed by atoms with van der Waals surface area (Å²) in [6.45, 7) is 0.323. The van der Waals surface area contributed by atoms with E-state index < -0.39 is 11.5 Å². The number of hydrogen-bond acceptors (Lipinski definition) is 3. The fourth-order valence-electron chi connectivity index (χ4n) is 2.86. The van der Waals surface area contributed by atoms with Crippen LogP contribution in [0.5, 0.6) is 0 Å². The first kappa shape index (κ1) is 15.5. The molecule has 0 radical (unpaired) electrons. The molecule has 0 spiro atoms. The topological polar surface area (TPSA) is 75.6 Å². The van der Waals surface area contributed by atoms with Gasteiger partial charge in [-0.25, -0.2) is 4.79 Å². The standard InChI is InChI=1S/C16H21NO4/c1-21-11-12-7-3-4-8-13(12)14(18)17-16(15(19)20)9-5-2-6-10-16/h3-4,7-8H,2,5-6,9-11H2,1H3,(H,17,18)(H,19,20). The summed E-state index contributed by atoms with van der Waals surface area (Å²) in [7, 11) is 1.56. The van der Waals surface area contributed by atoms with Gasteiger partial charge < -0.3 is 15.2 Å². The molecule has 1 amide bonds. The van der Waals surface area contributed by atoms with Gasteiger partial charge in [0.25, 0.3) is 5.91 Å². The van der Waals surface area contributed by atoms with Crippen LogP contribution < -0.4 is 5.32 Å². The molecule has 0 unspecified atom stereocenters. The Morgan fingerprint density at radius 1 is 1.24 bits per heavy atom. The summed E-state index contributed by atoms with van der Waals surface area (Å²) >= 11 is 0. The number of carbonyl (C=O) groups excluding carboxylic acids is 1. The van der Waals surface area contributed by atoms with Crippen molar-refractivity contribution in [3.05, 3.63) is 35.4 Å². The van der Waals surface area contributed by atoms with Gasteiger partial charge in [-0.3, -0.25) is 4.79 Å². The molecule has 0 atom stereocenters. The number of carboxylic acids is 1. The molecule has 0 aromatic heterocycles. The van der Waals surface area contributed by atoms with E-state index >= 15 is 0 Å². The molecule has 114 valence electrons. The quantitative estimate of drug-likeness (QED) is 0.873. The number of rotatable bonds is 5. The second-order valence-electron chi connectivity index (χ2n) is 5.49. The predicted molar refractivity (Wildman–Crippen MR) is 78.1 cm³/mol. The number of benzene rings is 1. The van der Waals surface area contributed by atoms with Crippen LogP contribution in [0.3, 0.4) is 0 Å². The molecule has 1 fully saturated rings. The number of ether oxygens (including phenoxy) is 1. The van der Waals surface area contributed by atoms with E-state index in [4.69, 9.17) is 4.74 Å². The van der Waals surface area contributed by atoms with Gasteiger partial charge in [-0.05, 0) is 24.5 Å². The Labute approximate surface area is 124 Å². The molecule has 0 heterocycles. The van der Waals surface area contributed by atoms with Gasteiger partial charge in [0.05, 0.1) is 6.61 Å². The molecule has 0 saturated heterocycles. The first-order valence-electron chi connectivity index (χ1n) is 7.22. The lowest BCUT2D eigenvalue weighted by atomic mass is 9.81. The molecule has 1 aliphatic rings. The molecule has 0 aliphatic heterocycles. The largest absolute Gasteiger partial charge is 0.480 e. The highest BCUT2D eigenvalue weighted by molar-refractivity contribution is 5.99. The zero-order chi connectivity index (χ0) is 15.3. The number of aliphatic carboxylic acids is 1. The molecular formula is C16H21NO4. The van der Waals surface area contributed by atoms with E-state index in [9.17, 15) is 14.7 Å². The van der Waals surface area contributed by atoms with Crippen molar-refractivity contribution in [2.45, 2.75) is 44.2 Å². The SMILES string of the molecule is COCc1ccccc1C(=O)NC1(C(=O)O)CCCCC1. The van der Waals surface area contributed by atoms with Crippen LogP contribution in [0.15, 0.2) is 24.3 Å². The minimum absolute atomic E-state index is 0.323. The Balaban J connectivity index is 2.21. The van der Waals surface area contributed by atoms with E-state index in [2.05, 4.69) is 5.32 Å². The Hall–Kier alpha value is -1.88. The maximum absolute atomic E-state index is 12.5. The van der Waals surface area contributed by atoms with Gasteiger partial charge in [0.15, 0.2) is 0 Å². The zero-order valence-electron chi connectivity index (χ0n) is 12.2. The molecule has 1 saturated carbocycles. The van der Waals surface area contributed by atoms with Crippen molar-refractivity contribution in [3.63, 3.8) is 0 Å². The average molecular weight is 291 g/mol. The van der Waals surface area contributed by atoms with Crippen molar-refractivity contribution in [2.24, 2.45) is 0 Å². The highest BCUT2D eigenvalue weighted by Crippen LogP contribution is 2.29. The summed E-state index contributed by atoms with van der Waals surface area (Å²) in [5, 5.41) is 12.3. The summed E-state index contributed by atoms with van der Waals surface area (Å²) in [4.78, 5) is 24.1. The van der Waals surface area contributed by atoms with Gasteiger partial charge in [-0.15, -0.1) is 0 Å². The normalized spacial score (nSPS) is 17.2. The molecule has 2 N–H and O–H groups in total. The summed E-state index contributed by atoms with van der Waals surface area (Å²) in [6, 6.07) is 7.11. The van der Waals surface area contributed by atoms with Crippen LogP contribution in [0.2, 0.25) is 0 Å². The molecule has 0 bridgehead atoms. The molecule has 1 aromatic carbocycles. The minimum atomic E-state index is -1.13.